The van der Waals surface area contributed by atoms with Crippen LogP contribution in [0.5, 0.6) is 0 Å². The van der Waals surface area contributed by atoms with Gasteiger partial charge in [0.25, 0.3) is 0 Å². The maximum absolute atomic E-state index is 14.3. The van der Waals surface area contributed by atoms with Crippen LogP contribution in [0.25, 0.3) is 0 Å². The molecule has 2 aromatic carbocycles. The van der Waals surface area contributed by atoms with Gasteiger partial charge in [-0.2, -0.15) is 0 Å². The molecule has 0 saturated carbocycles. The lowest BCUT2D eigenvalue weighted by molar-refractivity contribution is -0.141. The average Bonchev–Trinajstić information content (AvgIpc) is 2.62. The second kappa shape index (κ2) is 8.87. The van der Waals surface area contributed by atoms with Crippen molar-refractivity contribution in [2.75, 3.05) is 5.32 Å². The summed E-state index contributed by atoms with van der Waals surface area (Å²) in [4.78, 5) is 23.2. The molecule has 0 aromatic heterocycles. The van der Waals surface area contributed by atoms with Gasteiger partial charge in [0.05, 0.1) is 17.2 Å². The highest BCUT2D eigenvalue weighted by molar-refractivity contribution is 5.95. The van der Waals surface area contributed by atoms with E-state index in [4.69, 9.17) is 5.11 Å². The number of carbonyl (C=O) groups is 2. The number of hydrogen-bond acceptors (Lipinski definition) is 2. The average molecular weight is 399 g/mol. The van der Waals surface area contributed by atoms with Crippen molar-refractivity contribution in [3.05, 3.63) is 64.7 Å². The Morgan fingerprint density at radius 1 is 1.10 bits per heavy atom. The number of amides is 1. The fourth-order valence-corrected chi connectivity index (χ4v) is 2.40. The molecule has 29 heavy (non-hydrogen) atoms. The minimum Gasteiger partial charge on any atom is -0.481 e. The molecule has 0 aliphatic carbocycles. The largest absolute Gasteiger partial charge is 0.481 e. The highest BCUT2D eigenvalue weighted by atomic mass is 19.1. The molecule has 0 aliphatic rings. The molecule has 2 N–H and O–H groups in total. The molecule has 0 fully saturated rings. The van der Waals surface area contributed by atoms with Crippen molar-refractivity contribution in [1.29, 1.82) is 0 Å². The first-order valence-corrected chi connectivity index (χ1v) is 9.11. The van der Waals surface area contributed by atoms with Gasteiger partial charge in [-0.05, 0) is 30.2 Å². The predicted molar refractivity (Wildman–Crippen MR) is 107 cm³/mol. The number of nitrogens with one attached hydrogen (secondary N) is 1. The number of halogens is 2. The molecule has 0 saturated heterocycles. The summed E-state index contributed by atoms with van der Waals surface area (Å²) in [6.07, 6.45) is 0.390. The van der Waals surface area contributed by atoms with Gasteiger partial charge < -0.3 is 10.4 Å². The molecule has 152 valence electrons. The van der Waals surface area contributed by atoms with Crippen LogP contribution in [0, 0.1) is 34.8 Å². The lowest BCUT2D eigenvalue weighted by Gasteiger charge is -2.18. The van der Waals surface area contributed by atoms with Crippen molar-refractivity contribution < 1.29 is 23.5 Å². The van der Waals surface area contributed by atoms with Crippen LogP contribution in [0.3, 0.4) is 0 Å². The van der Waals surface area contributed by atoms with Gasteiger partial charge in [-0.15, -0.1) is 0 Å². The third-order valence-corrected chi connectivity index (χ3v) is 4.23. The Hall–Kier alpha value is -3.20. The number of benzene rings is 2. The second-order valence-electron chi connectivity index (χ2n) is 7.90. The van der Waals surface area contributed by atoms with E-state index in [1.54, 1.807) is 52.0 Å². The van der Waals surface area contributed by atoms with Crippen molar-refractivity contribution in [2.24, 2.45) is 11.3 Å². The Bertz CT molecular complexity index is 980. The fraction of sp³-hybridized carbons (Fsp3) is 0.304. The maximum Gasteiger partial charge on any atom is 0.306 e. The summed E-state index contributed by atoms with van der Waals surface area (Å²) >= 11 is 0. The van der Waals surface area contributed by atoms with Gasteiger partial charge in [-0.25, -0.2) is 8.78 Å². The van der Waals surface area contributed by atoms with Crippen LogP contribution in [-0.4, -0.2) is 17.0 Å². The monoisotopic (exact) mass is 399 g/mol. The highest BCUT2D eigenvalue weighted by Crippen LogP contribution is 2.24. The number of carboxylic acids is 1. The molecule has 1 unspecified atom stereocenters. The minimum atomic E-state index is -0.898. The van der Waals surface area contributed by atoms with Gasteiger partial charge in [0.1, 0.15) is 5.82 Å². The Kier molecular flexibility index (Phi) is 6.76. The number of carbonyl (C=O) groups excluding carboxylic acids is 1. The molecular weight excluding hydrogens is 376 g/mol. The van der Waals surface area contributed by atoms with Crippen molar-refractivity contribution in [3.8, 4) is 11.8 Å². The third-order valence-electron chi connectivity index (χ3n) is 4.23. The van der Waals surface area contributed by atoms with Crippen LogP contribution < -0.4 is 5.32 Å². The van der Waals surface area contributed by atoms with Gasteiger partial charge in [0.2, 0.25) is 5.91 Å². The molecular formula is C23H23F2NO3. The van der Waals surface area contributed by atoms with E-state index < -0.39 is 34.8 Å². The molecule has 0 spiro atoms. The molecule has 2 aromatic rings. The maximum atomic E-state index is 14.3. The Morgan fingerprint density at radius 3 is 2.28 bits per heavy atom. The summed E-state index contributed by atoms with van der Waals surface area (Å²) in [5, 5.41) is 11.5. The molecule has 2 rings (SSSR count). The normalized spacial score (nSPS) is 11.9. The van der Waals surface area contributed by atoms with E-state index in [9.17, 15) is 18.4 Å². The zero-order valence-corrected chi connectivity index (χ0v) is 16.8. The summed E-state index contributed by atoms with van der Waals surface area (Å²) < 4.78 is 27.9. The standard InChI is InChI=1S/C23H23F2NO3/c1-14(21(27)28)11-16-7-5-15(6-8-16)9-10-17-12-18(24)13-19(25)20(17)26-22(29)23(2,3)4/h5-8,12-14H,11H2,1-4H3,(H,26,29)(H,27,28). The van der Waals surface area contributed by atoms with Crippen LogP contribution in [0.4, 0.5) is 14.5 Å². The van der Waals surface area contributed by atoms with E-state index in [1.807, 2.05) is 0 Å². The van der Waals surface area contributed by atoms with E-state index in [1.165, 1.54) is 0 Å². The zero-order valence-electron chi connectivity index (χ0n) is 16.8. The molecule has 6 heteroatoms. The Balaban J connectivity index is 2.30. The fourth-order valence-electron chi connectivity index (χ4n) is 2.40. The lowest BCUT2D eigenvalue weighted by atomic mass is 9.95. The van der Waals surface area contributed by atoms with Crippen molar-refractivity contribution in [1.82, 2.24) is 0 Å². The van der Waals surface area contributed by atoms with E-state index in [2.05, 4.69) is 17.2 Å². The number of carboxylic acid groups (broad SMARTS) is 1. The van der Waals surface area contributed by atoms with Crippen LogP contribution >= 0.6 is 0 Å². The summed E-state index contributed by atoms with van der Waals surface area (Å²) in [6.45, 7) is 6.67. The number of anilines is 1. The van der Waals surface area contributed by atoms with Crippen LogP contribution in [-0.2, 0) is 16.0 Å². The van der Waals surface area contributed by atoms with Crippen LogP contribution in [0.15, 0.2) is 36.4 Å². The van der Waals surface area contributed by atoms with Gasteiger partial charge in [0.15, 0.2) is 5.82 Å². The smallest absolute Gasteiger partial charge is 0.306 e. The van der Waals surface area contributed by atoms with Gasteiger partial charge in [0, 0.05) is 17.0 Å². The quantitative estimate of drug-likeness (QED) is 0.738. The molecule has 0 aliphatic heterocycles. The summed E-state index contributed by atoms with van der Waals surface area (Å²) in [5.41, 5.74) is 0.554. The van der Waals surface area contributed by atoms with E-state index in [0.717, 1.165) is 11.6 Å². The van der Waals surface area contributed by atoms with Crippen molar-refractivity contribution >= 4 is 17.6 Å². The lowest BCUT2D eigenvalue weighted by Crippen LogP contribution is -2.28. The second-order valence-corrected chi connectivity index (χ2v) is 7.90. The molecule has 0 heterocycles. The summed E-state index contributed by atoms with van der Waals surface area (Å²) in [5.74, 6) is 2.05. The Morgan fingerprint density at radius 2 is 1.72 bits per heavy atom. The van der Waals surface area contributed by atoms with E-state index in [-0.39, 0.29) is 11.3 Å². The number of rotatable bonds is 4. The first-order chi connectivity index (χ1) is 13.5. The zero-order chi connectivity index (χ0) is 21.8. The van der Waals surface area contributed by atoms with Crippen molar-refractivity contribution in [2.45, 2.75) is 34.1 Å². The SMILES string of the molecule is CC(Cc1ccc(C#Cc2cc(F)cc(F)c2NC(=O)C(C)(C)C)cc1)C(=O)O. The van der Waals surface area contributed by atoms with E-state index in [0.29, 0.717) is 18.1 Å². The molecule has 0 bridgehead atoms. The van der Waals surface area contributed by atoms with Gasteiger partial charge >= 0.3 is 5.97 Å². The van der Waals surface area contributed by atoms with Gasteiger partial charge in [-0.3, -0.25) is 9.59 Å². The molecule has 0 radical (unpaired) electrons. The first kappa shape index (κ1) is 22.1. The third kappa shape index (κ3) is 6.15. The van der Waals surface area contributed by atoms with Gasteiger partial charge in [-0.1, -0.05) is 51.7 Å². The molecule has 4 nitrogen and oxygen atoms in total. The predicted octanol–water partition coefficient (Wildman–Crippen LogP) is 4.61. The summed E-state index contributed by atoms with van der Waals surface area (Å²) in [7, 11) is 0. The Labute approximate surface area is 169 Å². The van der Waals surface area contributed by atoms with Crippen LogP contribution in [0.2, 0.25) is 0 Å². The number of hydrogen-bond donors (Lipinski definition) is 2. The first-order valence-electron chi connectivity index (χ1n) is 9.11. The molecule has 1 amide bonds. The molecule has 1 atom stereocenters. The highest BCUT2D eigenvalue weighted by Gasteiger charge is 2.23. The summed E-state index contributed by atoms with van der Waals surface area (Å²) in [6, 6.07) is 8.70. The van der Waals surface area contributed by atoms with Crippen LogP contribution in [0.1, 0.15) is 44.4 Å². The topological polar surface area (TPSA) is 66.4 Å². The minimum absolute atomic E-state index is 0.0312. The number of aliphatic carboxylic acids is 1. The van der Waals surface area contributed by atoms with E-state index >= 15 is 0 Å². The van der Waals surface area contributed by atoms with Crippen molar-refractivity contribution in [3.63, 3.8) is 0 Å².